The van der Waals surface area contributed by atoms with Crippen LogP contribution in [0.3, 0.4) is 0 Å². The first-order valence-electron chi connectivity index (χ1n) is 9.07. The summed E-state index contributed by atoms with van der Waals surface area (Å²) in [5.41, 5.74) is 3.79. The standard InChI is InChI=1S/C21H14FN5O2/c22-13-1-3-19-16(8-13)17-11-26(6-5-20(17)24-19)21-7-12(10-23)15-9-14(27(28)29)2-4-18(15)25-21/h1-4,7-9,24H,5-6,11H2. The number of H-pyrrole nitrogens is 1. The molecule has 29 heavy (non-hydrogen) atoms. The first-order valence-corrected chi connectivity index (χ1v) is 9.07. The van der Waals surface area contributed by atoms with Gasteiger partial charge in [0.15, 0.2) is 0 Å². The third-order valence-corrected chi connectivity index (χ3v) is 5.37. The van der Waals surface area contributed by atoms with E-state index >= 15 is 0 Å². The summed E-state index contributed by atoms with van der Waals surface area (Å²) in [5.74, 6) is 0.341. The number of hydrogen-bond donors (Lipinski definition) is 1. The molecule has 142 valence electrons. The lowest BCUT2D eigenvalue weighted by atomic mass is 10.0. The number of nitriles is 1. The van der Waals surface area contributed by atoms with Crippen molar-refractivity contribution < 1.29 is 9.31 Å². The number of aromatic nitrogens is 2. The van der Waals surface area contributed by atoms with Gasteiger partial charge in [-0.05, 0) is 30.3 Å². The second-order valence-electron chi connectivity index (χ2n) is 7.04. The van der Waals surface area contributed by atoms with Gasteiger partial charge in [0.05, 0.1) is 22.1 Å². The summed E-state index contributed by atoms with van der Waals surface area (Å²) in [6.07, 6.45) is 0.744. The Balaban J connectivity index is 1.59. The van der Waals surface area contributed by atoms with E-state index < -0.39 is 4.92 Å². The van der Waals surface area contributed by atoms with Gasteiger partial charge < -0.3 is 9.88 Å². The minimum Gasteiger partial charge on any atom is -0.358 e. The molecular formula is C21H14FN5O2. The summed E-state index contributed by atoms with van der Waals surface area (Å²) < 4.78 is 13.7. The van der Waals surface area contributed by atoms with Crippen molar-refractivity contribution in [3.8, 4) is 6.07 Å². The van der Waals surface area contributed by atoms with E-state index in [9.17, 15) is 19.8 Å². The largest absolute Gasteiger partial charge is 0.358 e. The number of anilines is 1. The fourth-order valence-corrected chi connectivity index (χ4v) is 3.95. The van der Waals surface area contributed by atoms with E-state index in [1.807, 2.05) is 4.90 Å². The number of nitro benzene ring substituents is 1. The van der Waals surface area contributed by atoms with Crippen LogP contribution in [-0.4, -0.2) is 21.4 Å². The number of non-ortho nitro benzene ring substituents is 1. The number of benzene rings is 2. The van der Waals surface area contributed by atoms with Crippen molar-refractivity contribution in [3.63, 3.8) is 0 Å². The molecule has 0 atom stereocenters. The molecule has 1 aliphatic rings. The van der Waals surface area contributed by atoms with Crippen molar-refractivity contribution in [2.24, 2.45) is 0 Å². The second-order valence-corrected chi connectivity index (χ2v) is 7.04. The minimum absolute atomic E-state index is 0.0769. The van der Waals surface area contributed by atoms with E-state index in [4.69, 9.17) is 0 Å². The Morgan fingerprint density at radius 3 is 2.86 bits per heavy atom. The maximum Gasteiger partial charge on any atom is 0.270 e. The first-order chi connectivity index (χ1) is 14.0. The quantitative estimate of drug-likeness (QED) is 0.411. The molecule has 0 saturated carbocycles. The van der Waals surface area contributed by atoms with Gasteiger partial charge >= 0.3 is 0 Å². The molecule has 8 heteroatoms. The van der Waals surface area contributed by atoms with Crippen LogP contribution in [0.2, 0.25) is 0 Å². The molecule has 0 unspecified atom stereocenters. The molecule has 2 aromatic carbocycles. The van der Waals surface area contributed by atoms with Crippen molar-refractivity contribution >= 4 is 33.3 Å². The zero-order chi connectivity index (χ0) is 20.1. The molecule has 4 aromatic rings. The zero-order valence-corrected chi connectivity index (χ0v) is 15.1. The highest BCUT2D eigenvalue weighted by molar-refractivity contribution is 5.89. The maximum absolute atomic E-state index is 13.7. The molecule has 2 aromatic heterocycles. The number of pyridine rings is 1. The molecule has 1 aliphatic heterocycles. The molecular weight excluding hydrogens is 373 g/mol. The second kappa shape index (κ2) is 6.27. The Bertz CT molecular complexity index is 1350. The van der Waals surface area contributed by atoms with E-state index in [1.165, 1.54) is 24.3 Å². The van der Waals surface area contributed by atoms with Crippen molar-refractivity contribution in [1.82, 2.24) is 9.97 Å². The Morgan fingerprint density at radius 2 is 2.07 bits per heavy atom. The first kappa shape index (κ1) is 17.1. The third-order valence-electron chi connectivity index (χ3n) is 5.37. The van der Waals surface area contributed by atoms with Crippen LogP contribution >= 0.6 is 0 Å². The van der Waals surface area contributed by atoms with E-state index in [2.05, 4.69) is 16.0 Å². The molecule has 0 radical (unpaired) electrons. The Labute approximate surface area is 164 Å². The van der Waals surface area contributed by atoms with Gasteiger partial charge in [-0.25, -0.2) is 9.37 Å². The molecule has 5 rings (SSSR count). The highest BCUT2D eigenvalue weighted by Crippen LogP contribution is 2.32. The van der Waals surface area contributed by atoms with Crippen LogP contribution in [0, 0.1) is 27.3 Å². The third kappa shape index (κ3) is 2.75. The average Bonchev–Trinajstić information content (AvgIpc) is 3.09. The van der Waals surface area contributed by atoms with Crippen LogP contribution in [0.25, 0.3) is 21.8 Å². The van der Waals surface area contributed by atoms with Gasteiger partial charge in [0.1, 0.15) is 11.6 Å². The monoisotopic (exact) mass is 387 g/mol. The molecule has 0 spiro atoms. The number of rotatable bonds is 2. The molecule has 0 bridgehead atoms. The summed E-state index contributed by atoms with van der Waals surface area (Å²) in [5, 5.41) is 21.9. The zero-order valence-electron chi connectivity index (χ0n) is 15.1. The summed E-state index contributed by atoms with van der Waals surface area (Å²) in [7, 11) is 0. The molecule has 0 amide bonds. The number of nitro groups is 1. The van der Waals surface area contributed by atoms with Crippen LogP contribution in [0.4, 0.5) is 15.9 Å². The summed E-state index contributed by atoms with van der Waals surface area (Å²) in [6, 6.07) is 12.8. The van der Waals surface area contributed by atoms with Crippen molar-refractivity contribution in [1.29, 1.82) is 5.26 Å². The average molecular weight is 387 g/mol. The summed E-state index contributed by atoms with van der Waals surface area (Å²) >= 11 is 0. The van der Waals surface area contributed by atoms with Gasteiger partial charge in [0.2, 0.25) is 0 Å². The lowest BCUT2D eigenvalue weighted by Gasteiger charge is -2.28. The maximum atomic E-state index is 13.7. The predicted molar refractivity (Wildman–Crippen MR) is 106 cm³/mol. The molecule has 3 heterocycles. The molecule has 0 fully saturated rings. The molecule has 0 aliphatic carbocycles. The Morgan fingerprint density at radius 1 is 1.21 bits per heavy atom. The van der Waals surface area contributed by atoms with E-state index in [-0.39, 0.29) is 11.5 Å². The van der Waals surface area contributed by atoms with Crippen molar-refractivity contribution in [2.75, 3.05) is 11.4 Å². The van der Waals surface area contributed by atoms with Crippen molar-refractivity contribution in [2.45, 2.75) is 13.0 Å². The van der Waals surface area contributed by atoms with Gasteiger partial charge in [-0.1, -0.05) is 0 Å². The van der Waals surface area contributed by atoms with Crippen LogP contribution in [-0.2, 0) is 13.0 Å². The van der Waals surface area contributed by atoms with Gasteiger partial charge in [-0.15, -0.1) is 0 Å². The van der Waals surface area contributed by atoms with Crippen LogP contribution < -0.4 is 4.90 Å². The van der Waals surface area contributed by atoms with E-state index in [0.29, 0.717) is 35.4 Å². The highest BCUT2D eigenvalue weighted by Gasteiger charge is 2.23. The lowest BCUT2D eigenvalue weighted by molar-refractivity contribution is -0.384. The van der Waals surface area contributed by atoms with Crippen LogP contribution in [0.15, 0.2) is 42.5 Å². The van der Waals surface area contributed by atoms with Crippen LogP contribution in [0.1, 0.15) is 16.8 Å². The van der Waals surface area contributed by atoms with E-state index in [1.54, 1.807) is 18.2 Å². The topological polar surface area (TPSA) is 98.8 Å². The fraction of sp³-hybridized carbons (Fsp3) is 0.143. The van der Waals surface area contributed by atoms with Crippen molar-refractivity contribution in [3.05, 3.63) is 75.2 Å². The number of fused-ring (bicyclic) bond motifs is 4. The fourth-order valence-electron chi connectivity index (χ4n) is 3.95. The summed E-state index contributed by atoms with van der Waals surface area (Å²) in [6.45, 7) is 1.23. The predicted octanol–water partition coefficient (Wildman–Crippen LogP) is 4.20. The molecule has 7 nitrogen and oxygen atoms in total. The van der Waals surface area contributed by atoms with Gasteiger partial charge in [-0.2, -0.15) is 5.26 Å². The van der Waals surface area contributed by atoms with E-state index in [0.717, 1.165) is 28.6 Å². The number of halogens is 1. The van der Waals surface area contributed by atoms with Gasteiger partial charge in [0, 0.05) is 59.2 Å². The highest BCUT2D eigenvalue weighted by atomic mass is 19.1. The Hall–Kier alpha value is -3.99. The number of nitrogens with zero attached hydrogens (tertiary/aromatic N) is 4. The number of nitrogens with one attached hydrogen (secondary N) is 1. The Kier molecular flexibility index (Phi) is 3.71. The lowest BCUT2D eigenvalue weighted by Crippen LogP contribution is -2.30. The number of hydrogen-bond acceptors (Lipinski definition) is 5. The van der Waals surface area contributed by atoms with Gasteiger partial charge in [0.25, 0.3) is 5.69 Å². The molecule has 1 N–H and O–H groups in total. The smallest absolute Gasteiger partial charge is 0.270 e. The number of aromatic amines is 1. The SMILES string of the molecule is N#Cc1cc(N2CCc3[nH]c4ccc(F)cc4c3C2)nc2ccc([N+](=O)[O-])cc12. The normalized spacial score (nSPS) is 13.4. The van der Waals surface area contributed by atoms with Gasteiger partial charge in [-0.3, -0.25) is 10.1 Å². The minimum atomic E-state index is -0.489. The van der Waals surface area contributed by atoms with Crippen LogP contribution in [0.5, 0.6) is 0 Å². The summed E-state index contributed by atoms with van der Waals surface area (Å²) in [4.78, 5) is 20.6. The molecule has 0 saturated heterocycles.